The minimum absolute atomic E-state index is 0.0343. The maximum Gasteiger partial charge on any atom is 0.257 e. The maximum atomic E-state index is 13.2. The highest BCUT2D eigenvalue weighted by molar-refractivity contribution is 6.34. The molecule has 0 aromatic heterocycles. The van der Waals surface area contributed by atoms with E-state index in [1.807, 2.05) is 13.0 Å². The minimum atomic E-state index is -0.805. The fourth-order valence-corrected chi connectivity index (χ4v) is 4.59. The van der Waals surface area contributed by atoms with E-state index in [0.717, 1.165) is 0 Å². The summed E-state index contributed by atoms with van der Waals surface area (Å²) in [6.07, 6.45) is 0.885. The van der Waals surface area contributed by atoms with Gasteiger partial charge in [0, 0.05) is 32.0 Å². The second-order valence-corrected chi connectivity index (χ2v) is 8.50. The molecule has 1 unspecified atom stereocenters. The first-order valence-electron chi connectivity index (χ1n) is 10.3. The van der Waals surface area contributed by atoms with Crippen molar-refractivity contribution in [2.45, 2.75) is 38.8 Å². The predicted molar refractivity (Wildman–Crippen MR) is 122 cm³/mol. The lowest BCUT2D eigenvalue weighted by atomic mass is 9.98. The van der Waals surface area contributed by atoms with Gasteiger partial charge in [0.2, 0.25) is 17.7 Å². The molecular weight excluding hydrogens is 432 g/mol. The van der Waals surface area contributed by atoms with Crippen LogP contribution in [0.4, 0.5) is 17.1 Å². The quantitative estimate of drug-likeness (QED) is 0.720. The van der Waals surface area contributed by atoms with Crippen LogP contribution >= 0.6 is 11.6 Å². The number of nitrogens with zero attached hydrogens (tertiary/aromatic N) is 2. The Morgan fingerprint density at radius 3 is 2.59 bits per heavy atom. The van der Waals surface area contributed by atoms with E-state index in [9.17, 15) is 19.2 Å². The summed E-state index contributed by atoms with van der Waals surface area (Å²) in [5.74, 6) is -0.767. The van der Waals surface area contributed by atoms with Crippen LogP contribution in [0.3, 0.4) is 0 Å². The van der Waals surface area contributed by atoms with Crippen molar-refractivity contribution >= 4 is 52.3 Å². The second-order valence-electron chi connectivity index (χ2n) is 8.09. The van der Waals surface area contributed by atoms with Crippen LogP contribution in [0, 0.1) is 0 Å². The van der Waals surface area contributed by atoms with Gasteiger partial charge in [0.25, 0.3) is 5.91 Å². The van der Waals surface area contributed by atoms with E-state index in [1.54, 1.807) is 46.2 Å². The molecule has 2 heterocycles. The standard InChI is InChI=1S/C23H23ClN4O4/c1-14(29)25-15-7-8-18(17(24)13-15)26-20(30)10-12-27-22(32)16-5-3-4-6-19(16)28-21(31)9-11-23(27,28)2/h3-8,13H,9-12H2,1-2H3,(H,25,29)(H,26,30). The van der Waals surface area contributed by atoms with Crippen LogP contribution < -0.4 is 15.5 Å². The fourth-order valence-electron chi connectivity index (χ4n) is 4.37. The van der Waals surface area contributed by atoms with Crippen molar-refractivity contribution in [1.82, 2.24) is 4.90 Å². The summed E-state index contributed by atoms with van der Waals surface area (Å²) in [7, 11) is 0. The zero-order chi connectivity index (χ0) is 23.0. The van der Waals surface area contributed by atoms with Crippen molar-refractivity contribution < 1.29 is 19.2 Å². The van der Waals surface area contributed by atoms with E-state index in [1.165, 1.54) is 6.92 Å². The number of anilines is 3. The molecule has 1 fully saturated rings. The molecule has 1 atom stereocenters. The Labute approximate surface area is 190 Å². The molecule has 4 rings (SSSR count). The smallest absolute Gasteiger partial charge is 0.257 e. The van der Waals surface area contributed by atoms with Gasteiger partial charge in [-0.15, -0.1) is 0 Å². The van der Waals surface area contributed by atoms with E-state index in [-0.39, 0.29) is 41.6 Å². The van der Waals surface area contributed by atoms with Gasteiger partial charge in [-0.25, -0.2) is 0 Å². The number of hydrogen-bond acceptors (Lipinski definition) is 4. The van der Waals surface area contributed by atoms with E-state index >= 15 is 0 Å². The Balaban J connectivity index is 1.49. The Hall–Kier alpha value is -3.39. The third kappa shape index (κ3) is 3.82. The first-order valence-corrected chi connectivity index (χ1v) is 10.7. The van der Waals surface area contributed by atoms with E-state index in [4.69, 9.17) is 11.6 Å². The van der Waals surface area contributed by atoms with Gasteiger partial charge >= 0.3 is 0 Å². The molecule has 8 nitrogen and oxygen atoms in total. The topological polar surface area (TPSA) is 98.8 Å². The molecule has 4 amide bonds. The van der Waals surface area contributed by atoms with Crippen molar-refractivity contribution in [2.24, 2.45) is 0 Å². The van der Waals surface area contributed by atoms with Crippen LogP contribution in [0.15, 0.2) is 42.5 Å². The number of benzene rings is 2. The van der Waals surface area contributed by atoms with Crippen LogP contribution in [-0.2, 0) is 14.4 Å². The van der Waals surface area contributed by atoms with Gasteiger partial charge in [-0.2, -0.15) is 0 Å². The highest BCUT2D eigenvalue weighted by Gasteiger charge is 2.52. The summed E-state index contributed by atoms with van der Waals surface area (Å²) in [5, 5.41) is 5.65. The summed E-state index contributed by atoms with van der Waals surface area (Å²) < 4.78 is 0. The van der Waals surface area contributed by atoms with Crippen LogP contribution in [0.5, 0.6) is 0 Å². The molecule has 2 aliphatic rings. The van der Waals surface area contributed by atoms with Crippen molar-refractivity contribution in [3.8, 4) is 0 Å². The SMILES string of the molecule is CC(=O)Nc1ccc(NC(=O)CCN2C(=O)c3ccccc3N3C(=O)CCC23C)c(Cl)c1. The van der Waals surface area contributed by atoms with Gasteiger partial charge < -0.3 is 15.5 Å². The lowest BCUT2D eigenvalue weighted by molar-refractivity contribution is -0.118. The molecular formula is C23H23ClN4O4. The summed E-state index contributed by atoms with van der Waals surface area (Å²) in [4.78, 5) is 52.9. The molecule has 2 aromatic rings. The summed E-state index contributed by atoms with van der Waals surface area (Å²) in [6, 6.07) is 11.8. The Kier molecular flexibility index (Phi) is 5.64. The van der Waals surface area contributed by atoms with Gasteiger partial charge in [0.1, 0.15) is 5.66 Å². The molecule has 166 valence electrons. The maximum absolute atomic E-state index is 13.2. The number of rotatable bonds is 5. The molecule has 0 spiro atoms. The number of nitrogens with one attached hydrogen (secondary N) is 2. The largest absolute Gasteiger partial charge is 0.326 e. The zero-order valence-electron chi connectivity index (χ0n) is 17.8. The second kappa shape index (κ2) is 8.27. The zero-order valence-corrected chi connectivity index (χ0v) is 18.5. The predicted octanol–water partition coefficient (Wildman–Crippen LogP) is 3.63. The Morgan fingerprint density at radius 1 is 1.12 bits per heavy atom. The first-order chi connectivity index (χ1) is 15.2. The van der Waals surface area contributed by atoms with Crippen molar-refractivity contribution in [1.29, 1.82) is 0 Å². The van der Waals surface area contributed by atoms with Gasteiger partial charge in [-0.05, 0) is 43.7 Å². The average molecular weight is 455 g/mol. The minimum Gasteiger partial charge on any atom is -0.326 e. The van der Waals surface area contributed by atoms with Crippen LogP contribution in [0.1, 0.15) is 43.5 Å². The molecule has 2 aliphatic heterocycles. The van der Waals surface area contributed by atoms with Gasteiger partial charge in [0.15, 0.2) is 0 Å². The number of carbonyl (C=O) groups is 4. The third-order valence-corrected chi connectivity index (χ3v) is 6.18. The monoisotopic (exact) mass is 454 g/mol. The van der Waals surface area contributed by atoms with E-state index in [0.29, 0.717) is 35.5 Å². The van der Waals surface area contributed by atoms with E-state index < -0.39 is 5.66 Å². The molecule has 32 heavy (non-hydrogen) atoms. The van der Waals surface area contributed by atoms with Gasteiger partial charge in [0.05, 0.1) is 22.0 Å². The van der Waals surface area contributed by atoms with Gasteiger partial charge in [-0.1, -0.05) is 23.7 Å². The average Bonchev–Trinajstić information content (AvgIpc) is 3.05. The lowest BCUT2D eigenvalue weighted by Crippen LogP contribution is -2.62. The van der Waals surface area contributed by atoms with Crippen molar-refractivity contribution in [3.63, 3.8) is 0 Å². The number of halogens is 1. The Bertz CT molecular complexity index is 1130. The highest BCUT2D eigenvalue weighted by Crippen LogP contribution is 2.44. The molecule has 1 saturated heterocycles. The number of carbonyl (C=O) groups excluding carboxylic acids is 4. The highest BCUT2D eigenvalue weighted by atomic mass is 35.5. The Morgan fingerprint density at radius 2 is 1.88 bits per heavy atom. The molecule has 0 aliphatic carbocycles. The molecule has 0 bridgehead atoms. The molecule has 0 radical (unpaired) electrons. The molecule has 2 aromatic carbocycles. The summed E-state index contributed by atoms with van der Waals surface area (Å²) in [6.45, 7) is 3.41. The number of fused-ring (bicyclic) bond motifs is 3. The first kappa shape index (κ1) is 21.8. The van der Waals surface area contributed by atoms with Gasteiger partial charge in [-0.3, -0.25) is 24.1 Å². The van der Waals surface area contributed by atoms with Crippen LogP contribution in [-0.4, -0.2) is 40.7 Å². The summed E-state index contributed by atoms with van der Waals surface area (Å²) in [5.41, 5.74) is 1.20. The third-order valence-electron chi connectivity index (χ3n) is 5.87. The number of amides is 4. The number of para-hydroxylation sites is 1. The summed E-state index contributed by atoms with van der Waals surface area (Å²) >= 11 is 6.22. The molecule has 2 N–H and O–H groups in total. The number of hydrogen-bond donors (Lipinski definition) is 2. The van der Waals surface area contributed by atoms with Crippen molar-refractivity contribution in [3.05, 3.63) is 53.1 Å². The molecule has 0 saturated carbocycles. The normalized spacial score (nSPS) is 19.5. The van der Waals surface area contributed by atoms with Crippen molar-refractivity contribution in [2.75, 3.05) is 22.1 Å². The van der Waals surface area contributed by atoms with E-state index in [2.05, 4.69) is 10.6 Å². The van der Waals surface area contributed by atoms with Crippen LogP contribution in [0.2, 0.25) is 5.02 Å². The fraction of sp³-hybridized carbons (Fsp3) is 0.304. The van der Waals surface area contributed by atoms with Crippen LogP contribution in [0.25, 0.3) is 0 Å². The molecule has 9 heteroatoms. The lowest BCUT2D eigenvalue weighted by Gasteiger charge is -2.48.